The molecule has 0 aliphatic carbocycles. The summed E-state index contributed by atoms with van der Waals surface area (Å²) in [6.45, 7) is 0.535. The van der Waals surface area contributed by atoms with Gasteiger partial charge in [-0.1, -0.05) is 24.3 Å². The molecule has 0 spiro atoms. The molecule has 1 N–H and O–H groups in total. The van der Waals surface area contributed by atoms with Crippen molar-refractivity contribution in [2.24, 2.45) is 0 Å². The van der Waals surface area contributed by atoms with Crippen molar-refractivity contribution in [3.05, 3.63) is 59.7 Å². The molecule has 1 atom stereocenters. The van der Waals surface area contributed by atoms with Crippen molar-refractivity contribution in [1.82, 2.24) is 0 Å². The summed E-state index contributed by atoms with van der Waals surface area (Å²) >= 11 is 0. The maximum absolute atomic E-state index is 12.4. The van der Waals surface area contributed by atoms with Crippen molar-refractivity contribution in [3.8, 4) is 5.75 Å². The van der Waals surface area contributed by atoms with E-state index >= 15 is 0 Å². The van der Waals surface area contributed by atoms with Gasteiger partial charge in [0.25, 0.3) is 5.91 Å². The molecule has 1 amide bonds. The largest absolute Gasteiger partial charge is 0.497 e. The molecule has 0 radical (unpaired) electrons. The molecule has 0 saturated heterocycles. The number of ether oxygens (including phenoxy) is 2. The molecule has 4 heteroatoms. The van der Waals surface area contributed by atoms with Gasteiger partial charge in [-0.15, -0.1) is 0 Å². The smallest absolute Gasteiger partial charge is 0.258 e. The molecule has 4 nitrogen and oxygen atoms in total. The van der Waals surface area contributed by atoms with Crippen molar-refractivity contribution >= 4 is 11.6 Å². The standard InChI is InChI=1S/C17H17NO3/c1-20-14-7-8-15-12(11-14)9-10-21-16(15)17(19)18-13-5-3-2-4-6-13/h2-8,11,16H,9-10H2,1H3,(H,18,19). The maximum atomic E-state index is 12.4. The monoisotopic (exact) mass is 283 g/mol. The third-order valence-corrected chi connectivity index (χ3v) is 3.57. The third kappa shape index (κ3) is 2.90. The van der Waals surface area contributed by atoms with Crippen molar-refractivity contribution in [2.75, 3.05) is 19.0 Å². The number of benzene rings is 2. The first-order valence-electron chi connectivity index (χ1n) is 6.92. The average Bonchev–Trinajstić information content (AvgIpc) is 2.54. The number of carbonyl (C=O) groups excluding carboxylic acids is 1. The second kappa shape index (κ2) is 5.97. The SMILES string of the molecule is COc1ccc2c(c1)CCOC2C(=O)Nc1ccccc1. The van der Waals surface area contributed by atoms with Gasteiger partial charge in [0.15, 0.2) is 6.10 Å². The lowest BCUT2D eigenvalue weighted by molar-refractivity contribution is -0.128. The fraction of sp³-hybridized carbons (Fsp3) is 0.235. The van der Waals surface area contributed by atoms with Gasteiger partial charge in [0.05, 0.1) is 13.7 Å². The van der Waals surface area contributed by atoms with Crippen LogP contribution < -0.4 is 10.1 Å². The van der Waals surface area contributed by atoms with E-state index in [2.05, 4.69) is 5.32 Å². The molecule has 3 rings (SSSR count). The molecule has 1 aliphatic heterocycles. The highest BCUT2D eigenvalue weighted by Crippen LogP contribution is 2.30. The van der Waals surface area contributed by atoms with Crippen LogP contribution in [0.1, 0.15) is 17.2 Å². The minimum absolute atomic E-state index is 0.146. The van der Waals surface area contributed by atoms with E-state index < -0.39 is 6.10 Å². The van der Waals surface area contributed by atoms with Gasteiger partial charge < -0.3 is 14.8 Å². The number of para-hydroxylation sites is 1. The number of hydrogen-bond donors (Lipinski definition) is 1. The van der Waals surface area contributed by atoms with E-state index in [4.69, 9.17) is 9.47 Å². The van der Waals surface area contributed by atoms with E-state index in [-0.39, 0.29) is 5.91 Å². The maximum Gasteiger partial charge on any atom is 0.258 e. The second-order valence-electron chi connectivity index (χ2n) is 4.92. The van der Waals surface area contributed by atoms with E-state index in [1.807, 2.05) is 48.5 Å². The highest BCUT2D eigenvalue weighted by atomic mass is 16.5. The summed E-state index contributed by atoms with van der Waals surface area (Å²) in [7, 11) is 1.64. The Kier molecular flexibility index (Phi) is 3.88. The first kappa shape index (κ1) is 13.6. The summed E-state index contributed by atoms with van der Waals surface area (Å²) in [5, 5.41) is 2.89. The molecule has 21 heavy (non-hydrogen) atoms. The fourth-order valence-corrected chi connectivity index (χ4v) is 2.50. The van der Waals surface area contributed by atoms with E-state index in [1.54, 1.807) is 7.11 Å². The fourth-order valence-electron chi connectivity index (χ4n) is 2.50. The van der Waals surface area contributed by atoms with Crippen LogP contribution >= 0.6 is 0 Å². The van der Waals surface area contributed by atoms with Crippen LogP contribution in [0.25, 0.3) is 0 Å². The summed E-state index contributed by atoms with van der Waals surface area (Å²) in [6, 6.07) is 15.1. The average molecular weight is 283 g/mol. The lowest BCUT2D eigenvalue weighted by Crippen LogP contribution is -2.28. The second-order valence-corrected chi connectivity index (χ2v) is 4.92. The van der Waals surface area contributed by atoms with Crippen molar-refractivity contribution in [1.29, 1.82) is 0 Å². The lowest BCUT2D eigenvalue weighted by atomic mass is 9.96. The highest BCUT2D eigenvalue weighted by molar-refractivity contribution is 5.95. The minimum atomic E-state index is -0.570. The predicted molar refractivity (Wildman–Crippen MR) is 80.5 cm³/mol. The third-order valence-electron chi connectivity index (χ3n) is 3.57. The molecule has 2 aromatic carbocycles. The van der Waals surface area contributed by atoms with Crippen molar-refractivity contribution in [3.63, 3.8) is 0 Å². The Labute approximate surface area is 123 Å². The molecule has 0 fully saturated rings. The number of hydrogen-bond acceptors (Lipinski definition) is 3. The summed E-state index contributed by atoms with van der Waals surface area (Å²) in [4.78, 5) is 12.4. The van der Waals surface area contributed by atoms with Gasteiger partial charge >= 0.3 is 0 Å². The van der Waals surface area contributed by atoms with Gasteiger partial charge in [-0.05, 0) is 41.8 Å². The molecule has 2 aromatic rings. The van der Waals surface area contributed by atoms with Crippen LogP contribution in [0.15, 0.2) is 48.5 Å². The Morgan fingerprint density at radius 2 is 2.05 bits per heavy atom. The number of anilines is 1. The van der Waals surface area contributed by atoms with E-state index in [1.165, 1.54) is 0 Å². The van der Waals surface area contributed by atoms with Crippen molar-refractivity contribution in [2.45, 2.75) is 12.5 Å². The van der Waals surface area contributed by atoms with E-state index in [0.717, 1.165) is 29.0 Å². The van der Waals surface area contributed by atoms with Gasteiger partial charge in [-0.3, -0.25) is 4.79 Å². The van der Waals surface area contributed by atoms with Crippen LogP contribution in [-0.2, 0) is 16.0 Å². The predicted octanol–water partition coefficient (Wildman–Crippen LogP) is 2.95. The quantitative estimate of drug-likeness (QED) is 0.942. The summed E-state index contributed by atoms with van der Waals surface area (Å²) in [5.41, 5.74) is 2.79. The van der Waals surface area contributed by atoms with Crippen LogP contribution in [0.5, 0.6) is 5.75 Å². The molecule has 108 valence electrons. The zero-order chi connectivity index (χ0) is 14.7. The Morgan fingerprint density at radius 3 is 2.81 bits per heavy atom. The number of methoxy groups -OCH3 is 1. The van der Waals surface area contributed by atoms with Gasteiger partial charge in [0, 0.05) is 5.69 Å². The number of carbonyl (C=O) groups is 1. The Bertz CT molecular complexity index is 640. The Hall–Kier alpha value is -2.33. The Balaban J connectivity index is 1.83. The van der Waals surface area contributed by atoms with Crippen LogP contribution in [0.4, 0.5) is 5.69 Å². The van der Waals surface area contributed by atoms with Crippen LogP contribution in [0.2, 0.25) is 0 Å². The summed E-state index contributed by atoms with van der Waals surface area (Å²) in [6.07, 6.45) is 0.224. The highest BCUT2D eigenvalue weighted by Gasteiger charge is 2.27. The first-order chi connectivity index (χ1) is 10.3. The molecular weight excluding hydrogens is 266 g/mol. The normalized spacial score (nSPS) is 16.9. The molecule has 0 bridgehead atoms. The minimum Gasteiger partial charge on any atom is -0.497 e. The molecule has 1 unspecified atom stereocenters. The van der Waals surface area contributed by atoms with Gasteiger partial charge in [-0.25, -0.2) is 0 Å². The lowest BCUT2D eigenvalue weighted by Gasteiger charge is -2.25. The summed E-state index contributed by atoms with van der Waals surface area (Å²) < 4.78 is 10.9. The number of amides is 1. The Morgan fingerprint density at radius 1 is 1.24 bits per heavy atom. The van der Waals surface area contributed by atoms with Gasteiger partial charge in [-0.2, -0.15) is 0 Å². The van der Waals surface area contributed by atoms with Gasteiger partial charge in [0.1, 0.15) is 5.75 Å². The molecular formula is C17H17NO3. The first-order valence-corrected chi connectivity index (χ1v) is 6.92. The summed E-state index contributed by atoms with van der Waals surface area (Å²) in [5.74, 6) is 0.658. The zero-order valence-corrected chi connectivity index (χ0v) is 11.8. The molecule has 0 aromatic heterocycles. The molecule has 1 aliphatic rings. The van der Waals surface area contributed by atoms with Crippen LogP contribution in [0, 0.1) is 0 Å². The van der Waals surface area contributed by atoms with Gasteiger partial charge in [0.2, 0.25) is 0 Å². The van der Waals surface area contributed by atoms with E-state index in [0.29, 0.717) is 6.61 Å². The number of fused-ring (bicyclic) bond motifs is 1. The van der Waals surface area contributed by atoms with Crippen LogP contribution in [0.3, 0.4) is 0 Å². The van der Waals surface area contributed by atoms with E-state index in [9.17, 15) is 4.79 Å². The topological polar surface area (TPSA) is 47.6 Å². The van der Waals surface area contributed by atoms with Crippen molar-refractivity contribution < 1.29 is 14.3 Å². The number of nitrogens with one attached hydrogen (secondary N) is 1. The molecule has 0 saturated carbocycles. The van der Waals surface area contributed by atoms with Crippen LogP contribution in [-0.4, -0.2) is 19.6 Å². The zero-order valence-electron chi connectivity index (χ0n) is 11.8. The number of rotatable bonds is 3. The molecule has 1 heterocycles.